The lowest BCUT2D eigenvalue weighted by Crippen LogP contribution is -2.43. The number of rotatable bonds is 1. The number of ether oxygens (including phenoxy) is 1. The second-order valence-corrected chi connectivity index (χ2v) is 5.31. The van der Waals surface area contributed by atoms with Gasteiger partial charge in [-0.1, -0.05) is 11.6 Å². The number of carbonyl (C=O) groups excluding carboxylic acids is 1. The van der Waals surface area contributed by atoms with Crippen molar-refractivity contribution in [2.75, 3.05) is 19.0 Å². The number of aliphatic hydroxyl groups is 1. The number of benzene rings is 1. The number of allylic oxidation sites excluding steroid dienone is 1. The molecule has 1 aromatic carbocycles. The molecule has 1 amide bonds. The fourth-order valence-corrected chi connectivity index (χ4v) is 2.93. The number of hydrogen-bond acceptors (Lipinski definition) is 5. The van der Waals surface area contributed by atoms with Crippen molar-refractivity contribution in [3.05, 3.63) is 29.3 Å². The standard InChI is InChI=1S/C15H18N2O4/c1-3-8-4-11-14(19)16-10-6-12(18)13(21-2)5-9(10)15(20)17(11)7-8/h3,5-6,11,14,16,18-19H,4,7H2,1-2H3. The Morgan fingerprint density at radius 2 is 2.24 bits per heavy atom. The van der Waals surface area contributed by atoms with Crippen molar-refractivity contribution in [1.29, 1.82) is 0 Å². The molecule has 2 aliphatic rings. The number of phenolic OH excluding ortho intramolecular Hbond substituents is 1. The molecule has 6 heteroatoms. The number of nitrogens with zero attached hydrogens (tertiary/aromatic N) is 1. The number of aromatic hydroxyl groups is 1. The topological polar surface area (TPSA) is 82.0 Å². The average Bonchev–Trinajstić information content (AvgIpc) is 2.87. The SMILES string of the molecule is CC=C1CC2C(O)Nc3cc(O)c(OC)cc3C(=O)N2C1. The van der Waals surface area contributed by atoms with Gasteiger partial charge >= 0.3 is 0 Å². The van der Waals surface area contributed by atoms with Crippen molar-refractivity contribution in [2.45, 2.75) is 25.6 Å². The van der Waals surface area contributed by atoms with E-state index >= 15 is 0 Å². The van der Waals surface area contributed by atoms with Crippen molar-refractivity contribution < 1.29 is 19.7 Å². The first-order valence-corrected chi connectivity index (χ1v) is 6.85. The Bertz CT molecular complexity index is 626. The maximum absolute atomic E-state index is 12.7. The molecule has 2 atom stereocenters. The van der Waals surface area contributed by atoms with E-state index in [0.717, 1.165) is 5.57 Å². The molecule has 6 nitrogen and oxygen atoms in total. The Labute approximate surface area is 122 Å². The van der Waals surface area contributed by atoms with Gasteiger partial charge in [-0.3, -0.25) is 4.79 Å². The molecule has 2 unspecified atom stereocenters. The van der Waals surface area contributed by atoms with E-state index < -0.39 is 6.23 Å². The molecule has 1 saturated heterocycles. The van der Waals surface area contributed by atoms with Crippen LogP contribution in [0.1, 0.15) is 23.7 Å². The van der Waals surface area contributed by atoms with Crippen molar-refractivity contribution >= 4 is 11.6 Å². The average molecular weight is 290 g/mol. The quantitative estimate of drug-likeness (QED) is 0.679. The van der Waals surface area contributed by atoms with Gasteiger partial charge in [-0.2, -0.15) is 0 Å². The second kappa shape index (κ2) is 4.96. The minimum Gasteiger partial charge on any atom is -0.504 e. The summed E-state index contributed by atoms with van der Waals surface area (Å²) >= 11 is 0. The lowest BCUT2D eigenvalue weighted by atomic mass is 10.1. The smallest absolute Gasteiger partial charge is 0.256 e. The number of carbonyl (C=O) groups is 1. The van der Waals surface area contributed by atoms with Crippen LogP contribution in [0.5, 0.6) is 11.5 Å². The molecule has 112 valence electrons. The van der Waals surface area contributed by atoms with E-state index in [9.17, 15) is 15.0 Å². The molecule has 0 bridgehead atoms. The molecule has 0 aliphatic carbocycles. The number of hydrogen-bond donors (Lipinski definition) is 3. The van der Waals surface area contributed by atoms with Crippen LogP contribution in [-0.2, 0) is 0 Å². The lowest BCUT2D eigenvalue weighted by Gasteiger charge is -2.24. The zero-order valence-corrected chi connectivity index (χ0v) is 12.0. The van der Waals surface area contributed by atoms with E-state index in [0.29, 0.717) is 24.2 Å². The van der Waals surface area contributed by atoms with Gasteiger partial charge in [0, 0.05) is 12.6 Å². The van der Waals surface area contributed by atoms with Crippen LogP contribution >= 0.6 is 0 Å². The van der Waals surface area contributed by atoms with Crippen molar-refractivity contribution in [3.8, 4) is 11.5 Å². The van der Waals surface area contributed by atoms with E-state index in [1.165, 1.54) is 19.2 Å². The Balaban J connectivity index is 2.08. The number of nitrogens with one attached hydrogen (secondary N) is 1. The van der Waals surface area contributed by atoms with Gasteiger partial charge in [0.25, 0.3) is 5.91 Å². The maximum Gasteiger partial charge on any atom is 0.256 e. The Morgan fingerprint density at radius 1 is 1.48 bits per heavy atom. The summed E-state index contributed by atoms with van der Waals surface area (Å²) in [5.41, 5.74) is 1.94. The molecule has 3 N–H and O–H groups in total. The highest BCUT2D eigenvalue weighted by Crippen LogP contribution is 2.38. The molecule has 3 rings (SSSR count). The predicted octanol–water partition coefficient (Wildman–Crippen LogP) is 1.31. The summed E-state index contributed by atoms with van der Waals surface area (Å²) in [6.07, 6.45) is 1.75. The first-order valence-electron chi connectivity index (χ1n) is 6.85. The minimum atomic E-state index is -0.875. The van der Waals surface area contributed by atoms with Gasteiger partial charge in [-0.25, -0.2) is 0 Å². The number of fused-ring (bicyclic) bond motifs is 2. The van der Waals surface area contributed by atoms with Crippen LogP contribution in [0.3, 0.4) is 0 Å². The van der Waals surface area contributed by atoms with Gasteiger partial charge in [-0.15, -0.1) is 0 Å². The predicted molar refractivity (Wildman–Crippen MR) is 77.5 cm³/mol. The Hall–Kier alpha value is -2.21. The number of aliphatic hydroxyl groups excluding tert-OH is 1. The fourth-order valence-electron chi connectivity index (χ4n) is 2.93. The molecule has 0 spiro atoms. The molecule has 2 heterocycles. The van der Waals surface area contributed by atoms with Gasteiger partial charge in [0.15, 0.2) is 11.5 Å². The Morgan fingerprint density at radius 3 is 2.90 bits per heavy atom. The van der Waals surface area contributed by atoms with Gasteiger partial charge in [0.1, 0.15) is 6.23 Å². The third kappa shape index (κ3) is 2.12. The molecule has 1 fully saturated rings. The van der Waals surface area contributed by atoms with Crippen molar-refractivity contribution in [1.82, 2.24) is 4.90 Å². The molecular formula is C15H18N2O4. The highest BCUT2D eigenvalue weighted by atomic mass is 16.5. The summed E-state index contributed by atoms with van der Waals surface area (Å²) in [7, 11) is 1.43. The third-order valence-corrected chi connectivity index (χ3v) is 4.13. The summed E-state index contributed by atoms with van der Waals surface area (Å²) in [4.78, 5) is 14.4. The first kappa shape index (κ1) is 13.8. The molecule has 0 saturated carbocycles. The van der Waals surface area contributed by atoms with E-state index in [4.69, 9.17) is 4.74 Å². The van der Waals surface area contributed by atoms with E-state index in [1.54, 1.807) is 4.90 Å². The molecular weight excluding hydrogens is 272 g/mol. The van der Waals surface area contributed by atoms with Crippen LogP contribution < -0.4 is 10.1 Å². The highest BCUT2D eigenvalue weighted by molar-refractivity contribution is 6.02. The second-order valence-electron chi connectivity index (χ2n) is 5.31. The summed E-state index contributed by atoms with van der Waals surface area (Å²) in [6.45, 7) is 2.45. The summed E-state index contributed by atoms with van der Waals surface area (Å²) in [6, 6.07) is 2.61. The van der Waals surface area contributed by atoms with Gasteiger partial charge in [0.05, 0.1) is 24.4 Å². The van der Waals surface area contributed by atoms with Crippen LogP contribution in [0.25, 0.3) is 0 Å². The van der Waals surface area contributed by atoms with Crippen LogP contribution in [0.2, 0.25) is 0 Å². The summed E-state index contributed by atoms with van der Waals surface area (Å²) in [5.74, 6) is -0.00329. The molecule has 0 aromatic heterocycles. The normalized spacial score (nSPS) is 26.1. The zero-order chi connectivity index (χ0) is 15.1. The molecule has 0 radical (unpaired) electrons. The van der Waals surface area contributed by atoms with Crippen LogP contribution in [0.4, 0.5) is 5.69 Å². The van der Waals surface area contributed by atoms with Gasteiger partial charge in [-0.05, 0) is 19.4 Å². The molecule has 21 heavy (non-hydrogen) atoms. The largest absolute Gasteiger partial charge is 0.504 e. The lowest BCUT2D eigenvalue weighted by molar-refractivity contribution is 0.0582. The van der Waals surface area contributed by atoms with Gasteiger partial charge < -0.3 is 25.2 Å². The monoisotopic (exact) mass is 290 g/mol. The van der Waals surface area contributed by atoms with Crippen LogP contribution in [0.15, 0.2) is 23.8 Å². The van der Waals surface area contributed by atoms with Gasteiger partial charge in [0.2, 0.25) is 0 Å². The summed E-state index contributed by atoms with van der Waals surface area (Å²) in [5, 5.41) is 23.1. The molecule has 2 aliphatic heterocycles. The summed E-state index contributed by atoms with van der Waals surface area (Å²) < 4.78 is 5.06. The number of methoxy groups -OCH3 is 1. The zero-order valence-electron chi connectivity index (χ0n) is 12.0. The van der Waals surface area contributed by atoms with Crippen molar-refractivity contribution in [2.24, 2.45) is 0 Å². The van der Waals surface area contributed by atoms with E-state index in [1.807, 2.05) is 13.0 Å². The van der Waals surface area contributed by atoms with Crippen LogP contribution in [0, 0.1) is 0 Å². The number of anilines is 1. The number of amides is 1. The maximum atomic E-state index is 12.7. The number of phenols is 1. The van der Waals surface area contributed by atoms with Crippen LogP contribution in [-0.4, -0.2) is 46.9 Å². The minimum absolute atomic E-state index is 0.0695. The van der Waals surface area contributed by atoms with E-state index in [-0.39, 0.29) is 23.4 Å². The molecule has 1 aromatic rings. The van der Waals surface area contributed by atoms with Crippen molar-refractivity contribution in [3.63, 3.8) is 0 Å². The highest BCUT2D eigenvalue weighted by Gasteiger charge is 2.40. The fraction of sp³-hybridized carbons (Fsp3) is 0.400. The Kier molecular flexibility index (Phi) is 3.25. The first-order chi connectivity index (χ1) is 10.0. The van der Waals surface area contributed by atoms with E-state index in [2.05, 4.69) is 5.32 Å². The third-order valence-electron chi connectivity index (χ3n) is 4.13.